The van der Waals surface area contributed by atoms with Crippen LogP contribution in [0.3, 0.4) is 0 Å². The van der Waals surface area contributed by atoms with Crippen molar-refractivity contribution in [3.63, 3.8) is 0 Å². The van der Waals surface area contributed by atoms with Crippen LogP contribution in [-0.4, -0.2) is 27.3 Å². The maximum atomic E-state index is 13.3. The van der Waals surface area contributed by atoms with Gasteiger partial charge in [-0.2, -0.15) is 0 Å². The van der Waals surface area contributed by atoms with Gasteiger partial charge in [-0.05, 0) is 37.0 Å². The SMILES string of the molecule is O=C(c1ccc2ccccc2n1)N1CCCCC1c1ncc(Cc2ccccc2)o1. The normalized spacial score (nSPS) is 16.7. The van der Waals surface area contributed by atoms with Crippen LogP contribution in [0.25, 0.3) is 10.9 Å². The van der Waals surface area contributed by atoms with E-state index in [1.165, 1.54) is 5.56 Å². The number of rotatable bonds is 4. The van der Waals surface area contributed by atoms with E-state index in [0.717, 1.165) is 35.9 Å². The summed E-state index contributed by atoms with van der Waals surface area (Å²) in [5.74, 6) is 1.38. The highest BCUT2D eigenvalue weighted by atomic mass is 16.4. The summed E-state index contributed by atoms with van der Waals surface area (Å²) in [6.45, 7) is 0.689. The van der Waals surface area contributed by atoms with Gasteiger partial charge in [0.15, 0.2) is 0 Å². The number of hydrogen-bond donors (Lipinski definition) is 0. The van der Waals surface area contributed by atoms with E-state index >= 15 is 0 Å². The minimum Gasteiger partial charge on any atom is -0.443 e. The first-order chi connectivity index (χ1) is 14.8. The molecule has 2 aromatic heterocycles. The second kappa shape index (κ2) is 8.11. The first-order valence-electron chi connectivity index (χ1n) is 10.4. The molecule has 1 atom stereocenters. The van der Waals surface area contributed by atoms with Gasteiger partial charge in [-0.15, -0.1) is 0 Å². The van der Waals surface area contributed by atoms with Crippen LogP contribution >= 0.6 is 0 Å². The largest absolute Gasteiger partial charge is 0.443 e. The standard InChI is InChI=1S/C25H23N3O2/c29-25(22-14-13-19-10-4-5-11-21(19)27-22)28-15-7-6-12-23(28)24-26-17-20(30-24)16-18-8-2-1-3-9-18/h1-5,8-11,13-14,17,23H,6-7,12,15-16H2. The van der Waals surface area contributed by atoms with Crippen LogP contribution in [0.15, 0.2) is 77.3 Å². The summed E-state index contributed by atoms with van der Waals surface area (Å²) < 4.78 is 6.09. The summed E-state index contributed by atoms with van der Waals surface area (Å²) in [6, 6.07) is 21.7. The third-order valence-electron chi connectivity index (χ3n) is 5.66. The molecule has 1 amide bonds. The summed E-state index contributed by atoms with van der Waals surface area (Å²) in [5.41, 5.74) is 2.48. The zero-order valence-corrected chi connectivity index (χ0v) is 16.7. The first-order valence-corrected chi connectivity index (χ1v) is 10.4. The van der Waals surface area contributed by atoms with Crippen LogP contribution in [0.2, 0.25) is 0 Å². The molecule has 0 saturated carbocycles. The summed E-state index contributed by atoms with van der Waals surface area (Å²) in [5, 5.41) is 1.03. The first kappa shape index (κ1) is 18.6. The highest BCUT2D eigenvalue weighted by molar-refractivity contribution is 5.95. The van der Waals surface area contributed by atoms with Gasteiger partial charge in [-0.3, -0.25) is 4.79 Å². The maximum Gasteiger partial charge on any atom is 0.273 e. The van der Waals surface area contributed by atoms with Crippen molar-refractivity contribution in [3.8, 4) is 0 Å². The fourth-order valence-electron chi connectivity index (χ4n) is 4.12. The molecule has 0 aliphatic carbocycles. The Balaban J connectivity index is 1.39. The number of pyridine rings is 1. The molecular formula is C25H23N3O2. The van der Waals surface area contributed by atoms with Gasteiger partial charge >= 0.3 is 0 Å². The monoisotopic (exact) mass is 397 g/mol. The predicted molar refractivity (Wildman–Crippen MR) is 115 cm³/mol. The predicted octanol–water partition coefficient (Wildman–Crippen LogP) is 5.18. The molecule has 0 radical (unpaired) electrons. The second-order valence-corrected chi connectivity index (χ2v) is 7.73. The van der Waals surface area contributed by atoms with Crippen LogP contribution < -0.4 is 0 Å². The molecule has 30 heavy (non-hydrogen) atoms. The van der Waals surface area contributed by atoms with E-state index in [1.54, 1.807) is 6.20 Å². The third kappa shape index (κ3) is 3.71. The average molecular weight is 397 g/mol. The maximum absolute atomic E-state index is 13.3. The number of hydrogen-bond acceptors (Lipinski definition) is 4. The number of nitrogens with zero attached hydrogens (tertiary/aromatic N) is 3. The number of oxazole rings is 1. The summed E-state index contributed by atoms with van der Waals surface area (Å²) in [4.78, 5) is 24.3. The smallest absolute Gasteiger partial charge is 0.273 e. The van der Waals surface area contributed by atoms with Crippen LogP contribution in [-0.2, 0) is 6.42 Å². The van der Waals surface area contributed by atoms with E-state index in [1.807, 2.05) is 59.5 Å². The van der Waals surface area contributed by atoms with E-state index in [0.29, 0.717) is 24.6 Å². The van der Waals surface area contributed by atoms with Crippen molar-refractivity contribution in [2.75, 3.05) is 6.54 Å². The van der Waals surface area contributed by atoms with E-state index < -0.39 is 0 Å². The van der Waals surface area contributed by atoms with Crippen LogP contribution in [0, 0.1) is 0 Å². The fourth-order valence-corrected chi connectivity index (χ4v) is 4.12. The fraction of sp³-hybridized carbons (Fsp3) is 0.240. The van der Waals surface area contributed by atoms with Gasteiger partial charge in [0.1, 0.15) is 17.5 Å². The Labute approximate surface area is 175 Å². The average Bonchev–Trinajstić information content (AvgIpc) is 3.27. The zero-order valence-electron chi connectivity index (χ0n) is 16.7. The van der Waals surface area contributed by atoms with E-state index in [4.69, 9.17) is 4.42 Å². The molecule has 4 aromatic rings. The molecular weight excluding hydrogens is 374 g/mol. The minimum absolute atomic E-state index is 0.0618. The lowest BCUT2D eigenvalue weighted by atomic mass is 10.0. The number of para-hydroxylation sites is 1. The molecule has 150 valence electrons. The topological polar surface area (TPSA) is 59.2 Å². The molecule has 1 aliphatic heterocycles. The van der Waals surface area contributed by atoms with E-state index in [-0.39, 0.29) is 11.9 Å². The number of aromatic nitrogens is 2. The zero-order chi connectivity index (χ0) is 20.3. The van der Waals surface area contributed by atoms with Gasteiger partial charge in [-0.25, -0.2) is 9.97 Å². The number of piperidine rings is 1. The number of carbonyl (C=O) groups excluding carboxylic acids is 1. The lowest BCUT2D eigenvalue weighted by molar-refractivity contribution is 0.0564. The van der Waals surface area contributed by atoms with Crippen molar-refractivity contribution < 1.29 is 9.21 Å². The number of likely N-dealkylation sites (tertiary alicyclic amines) is 1. The Kier molecular flexibility index (Phi) is 5.01. The van der Waals surface area contributed by atoms with Crippen molar-refractivity contribution >= 4 is 16.8 Å². The Hall–Kier alpha value is -3.47. The van der Waals surface area contributed by atoms with Gasteiger partial charge < -0.3 is 9.32 Å². The van der Waals surface area contributed by atoms with Gasteiger partial charge in [0, 0.05) is 18.4 Å². The minimum atomic E-state index is -0.149. The molecule has 1 aliphatic rings. The summed E-state index contributed by atoms with van der Waals surface area (Å²) in [6.07, 6.45) is 5.36. The van der Waals surface area contributed by atoms with Crippen molar-refractivity contribution in [3.05, 3.63) is 95.8 Å². The highest BCUT2D eigenvalue weighted by Gasteiger charge is 2.32. The lowest BCUT2D eigenvalue weighted by Crippen LogP contribution is -2.39. The molecule has 1 fully saturated rings. The van der Waals surface area contributed by atoms with Crippen molar-refractivity contribution in [1.29, 1.82) is 0 Å². The summed E-state index contributed by atoms with van der Waals surface area (Å²) in [7, 11) is 0. The quantitative estimate of drug-likeness (QED) is 0.476. The van der Waals surface area contributed by atoms with Crippen LogP contribution in [0.5, 0.6) is 0 Å². The number of carbonyl (C=O) groups is 1. The molecule has 5 heteroatoms. The highest BCUT2D eigenvalue weighted by Crippen LogP contribution is 2.32. The second-order valence-electron chi connectivity index (χ2n) is 7.73. The van der Waals surface area contributed by atoms with E-state index in [2.05, 4.69) is 22.1 Å². The van der Waals surface area contributed by atoms with Crippen molar-refractivity contribution in [2.45, 2.75) is 31.7 Å². The number of fused-ring (bicyclic) bond motifs is 1. The molecule has 3 heterocycles. The van der Waals surface area contributed by atoms with Crippen molar-refractivity contribution in [1.82, 2.24) is 14.9 Å². The number of benzene rings is 2. The van der Waals surface area contributed by atoms with Gasteiger partial charge in [-0.1, -0.05) is 54.6 Å². The Morgan fingerprint density at radius 2 is 1.83 bits per heavy atom. The molecule has 5 rings (SSSR count). The molecule has 2 aromatic carbocycles. The molecule has 5 nitrogen and oxygen atoms in total. The summed E-state index contributed by atoms with van der Waals surface area (Å²) >= 11 is 0. The van der Waals surface area contributed by atoms with E-state index in [9.17, 15) is 4.79 Å². The Morgan fingerprint density at radius 3 is 2.73 bits per heavy atom. The van der Waals surface area contributed by atoms with Gasteiger partial charge in [0.25, 0.3) is 5.91 Å². The Bertz CT molecular complexity index is 1170. The van der Waals surface area contributed by atoms with Crippen LogP contribution in [0.1, 0.15) is 53.0 Å². The molecule has 0 N–H and O–H groups in total. The lowest BCUT2D eigenvalue weighted by Gasteiger charge is -2.33. The molecule has 1 saturated heterocycles. The van der Waals surface area contributed by atoms with Gasteiger partial charge in [0.2, 0.25) is 5.89 Å². The van der Waals surface area contributed by atoms with Crippen molar-refractivity contribution in [2.24, 2.45) is 0 Å². The van der Waals surface area contributed by atoms with Gasteiger partial charge in [0.05, 0.1) is 11.7 Å². The number of amides is 1. The molecule has 0 spiro atoms. The molecule has 0 bridgehead atoms. The van der Waals surface area contributed by atoms with Crippen LogP contribution in [0.4, 0.5) is 0 Å². The third-order valence-corrected chi connectivity index (χ3v) is 5.66. The molecule has 1 unspecified atom stereocenters. The Morgan fingerprint density at radius 1 is 1.00 bits per heavy atom.